The molecule has 0 aliphatic carbocycles. The van der Waals surface area contributed by atoms with Crippen molar-refractivity contribution >= 4 is 33.2 Å². The monoisotopic (exact) mass is 443 g/mol. The Bertz CT molecular complexity index is 1030. The van der Waals surface area contributed by atoms with Crippen molar-refractivity contribution in [1.29, 1.82) is 0 Å². The minimum atomic E-state index is -3.93. The largest absolute Gasteiger partial charge is 0.324 e. The Labute approximate surface area is 173 Å². The number of hydrogen-bond donors (Lipinski definition) is 1. The second-order valence-corrected chi connectivity index (χ2v) is 9.13. The Morgan fingerprint density at radius 2 is 1.76 bits per heavy atom. The van der Waals surface area contributed by atoms with Crippen LogP contribution in [-0.4, -0.2) is 56.3 Å². The molecule has 2 aromatic rings. The molecule has 3 rings (SSSR count). The highest BCUT2D eigenvalue weighted by Gasteiger charge is 2.29. The molecule has 0 unspecified atom stereocenters. The number of aryl methyl sites for hydroxylation is 1. The van der Waals surface area contributed by atoms with E-state index < -0.39 is 21.7 Å². The van der Waals surface area contributed by atoms with E-state index in [2.05, 4.69) is 5.32 Å². The van der Waals surface area contributed by atoms with Crippen LogP contribution in [0.15, 0.2) is 41.3 Å². The van der Waals surface area contributed by atoms with Gasteiger partial charge in [0.15, 0.2) is 11.6 Å². The highest BCUT2D eigenvalue weighted by atomic mass is 35.5. The lowest BCUT2D eigenvalue weighted by molar-refractivity contribution is -0.117. The Morgan fingerprint density at radius 1 is 1.07 bits per heavy atom. The SMILES string of the molecule is Cc1ccc(NC(=O)CN2CCN(S(=O)(=O)c3ccc(F)c(F)c3)CC2)c(Cl)c1. The van der Waals surface area contributed by atoms with E-state index in [4.69, 9.17) is 11.6 Å². The van der Waals surface area contributed by atoms with Crippen molar-refractivity contribution in [3.63, 3.8) is 0 Å². The van der Waals surface area contributed by atoms with Gasteiger partial charge in [-0.1, -0.05) is 17.7 Å². The predicted octanol–water partition coefficient (Wildman–Crippen LogP) is 2.87. The first-order chi connectivity index (χ1) is 13.7. The lowest BCUT2D eigenvalue weighted by Gasteiger charge is -2.33. The quantitative estimate of drug-likeness (QED) is 0.771. The first-order valence-corrected chi connectivity index (χ1v) is 10.7. The fraction of sp³-hybridized carbons (Fsp3) is 0.316. The van der Waals surface area contributed by atoms with Crippen molar-refractivity contribution in [3.8, 4) is 0 Å². The molecule has 1 fully saturated rings. The van der Waals surface area contributed by atoms with Crippen LogP contribution in [0.5, 0.6) is 0 Å². The molecule has 0 spiro atoms. The number of carbonyl (C=O) groups is 1. The molecule has 156 valence electrons. The average Bonchev–Trinajstić information content (AvgIpc) is 2.66. The normalized spacial score (nSPS) is 16.0. The number of anilines is 1. The van der Waals surface area contributed by atoms with Crippen LogP contribution in [0.3, 0.4) is 0 Å². The van der Waals surface area contributed by atoms with E-state index >= 15 is 0 Å². The van der Waals surface area contributed by atoms with Crippen LogP contribution in [0, 0.1) is 18.6 Å². The van der Waals surface area contributed by atoms with Crippen LogP contribution in [0.25, 0.3) is 0 Å². The summed E-state index contributed by atoms with van der Waals surface area (Å²) in [7, 11) is -3.93. The Hall–Kier alpha value is -2.07. The smallest absolute Gasteiger partial charge is 0.243 e. The zero-order valence-electron chi connectivity index (χ0n) is 15.7. The van der Waals surface area contributed by atoms with Gasteiger partial charge in [0.05, 0.1) is 22.2 Å². The topological polar surface area (TPSA) is 69.7 Å². The zero-order chi connectivity index (χ0) is 21.2. The van der Waals surface area contributed by atoms with E-state index in [1.54, 1.807) is 12.1 Å². The number of piperazine rings is 1. The van der Waals surface area contributed by atoms with Gasteiger partial charge < -0.3 is 5.32 Å². The second-order valence-electron chi connectivity index (χ2n) is 6.79. The van der Waals surface area contributed by atoms with E-state index in [0.29, 0.717) is 29.9 Å². The number of carbonyl (C=O) groups excluding carboxylic acids is 1. The minimum Gasteiger partial charge on any atom is -0.324 e. The molecular formula is C19H20ClF2N3O3S. The molecular weight excluding hydrogens is 424 g/mol. The van der Waals surface area contributed by atoms with E-state index in [9.17, 15) is 22.0 Å². The van der Waals surface area contributed by atoms with Crippen LogP contribution in [0.2, 0.25) is 5.02 Å². The van der Waals surface area contributed by atoms with Gasteiger partial charge in [-0.05, 0) is 42.8 Å². The number of hydrogen-bond acceptors (Lipinski definition) is 4. The summed E-state index contributed by atoms with van der Waals surface area (Å²) in [5, 5.41) is 3.19. The van der Waals surface area contributed by atoms with Gasteiger partial charge in [0, 0.05) is 26.2 Å². The second kappa shape index (κ2) is 8.74. The maximum Gasteiger partial charge on any atom is 0.243 e. The van der Waals surface area contributed by atoms with Crippen LogP contribution in [0.1, 0.15) is 5.56 Å². The van der Waals surface area contributed by atoms with Gasteiger partial charge >= 0.3 is 0 Å². The molecule has 0 saturated carbocycles. The molecule has 1 aliphatic rings. The van der Waals surface area contributed by atoms with Crippen LogP contribution in [0.4, 0.5) is 14.5 Å². The van der Waals surface area contributed by atoms with Crippen molar-refractivity contribution in [1.82, 2.24) is 9.21 Å². The third-order valence-electron chi connectivity index (χ3n) is 4.63. The molecule has 0 aromatic heterocycles. The highest BCUT2D eigenvalue weighted by molar-refractivity contribution is 7.89. The molecule has 2 aromatic carbocycles. The Kier molecular flexibility index (Phi) is 6.52. The molecule has 10 heteroatoms. The zero-order valence-corrected chi connectivity index (χ0v) is 17.2. The maximum absolute atomic E-state index is 13.4. The number of nitrogens with zero attached hydrogens (tertiary/aromatic N) is 2. The van der Waals surface area contributed by atoms with Crippen molar-refractivity contribution in [2.24, 2.45) is 0 Å². The van der Waals surface area contributed by atoms with Gasteiger partial charge in [-0.15, -0.1) is 0 Å². The van der Waals surface area contributed by atoms with Gasteiger partial charge in [-0.25, -0.2) is 17.2 Å². The fourth-order valence-corrected chi connectivity index (χ4v) is 4.75. The Morgan fingerprint density at radius 3 is 2.38 bits per heavy atom. The van der Waals surface area contributed by atoms with Gasteiger partial charge in [-0.2, -0.15) is 4.31 Å². The summed E-state index contributed by atoms with van der Waals surface area (Å²) >= 11 is 6.11. The standard InChI is InChI=1S/C19H20ClF2N3O3S/c1-13-2-5-18(15(20)10-13)23-19(26)12-24-6-8-25(9-7-24)29(27,28)14-3-4-16(21)17(22)11-14/h2-5,10-11H,6-9,12H2,1H3,(H,23,26). The van der Waals surface area contributed by atoms with E-state index in [0.717, 1.165) is 17.7 Å². The van der Waals surface area contributed by atoms with Crippen molar-refractivity contribution in [2.45, 2.75) is 11.8 Å². The van der Waals surface area contributed by atoms with E-state index in [1.807, 2.05) is 17.9 Å². The third-order valence-corrected chi connectivity index (χ3v) is 6.83. The summed E-state index contributed by atoms with van der Waals surface area (Å²) in [4.78, 5) is 13.8. The molecule has 1 heterocycles. The first-order valence-electron chi connectivity index (χ1n) is 8.90. The number of rotatable bonds is 5. The van der Waals surface area contributed by atoms with Crippen LogP contribution in [-0.2, 0) is 14.8 Å². The highest BCUT2D eigenvalue weighted by Crippen LogP contribution is 2.23. The van der Waals surface area contributed by atoms with Crippen LogP contribution < -0.4 is 5.32 Å². The molecule has 0 bridgehead atoms. The lowest BCUT2D eigenvalue weighted by atomic mass is 10.2. The van der Waals surface area contributed by atoms with E-state index in [1.165, 1.54) is 4.31 Å². The number of nitrogens with one attached hydrogen (secondary N) is 1. The van der Waals surface area contributed by atoms with Crippen molar-refractivity contribution in [2.75, 3.05) is 38.0 Å². The number of benzene rings is 2. The molecule has 0 radical (unpaired) electrons. The van der Waals surface area contributed by atoms with E-state index in [-0.39, 0.29) is 30.4 Å². The average molecular weight is 444 g/mol. The Balaban J connectivity index is 1.57. The van der Waals surface area contributed by atoms with Crippen molar-refractivity contribution < 1.29 is 22.0 Å². The first kappa shape index (κ1) is 21.6. The summed E-state index contributed by atoms with van der Waals surface area (Å²) in [6, 6.07) is 7.82. The molecule has 1 saturated heterocycles. The summed E-state index contributed by atoms with van der Waals surface area (Å²) < 4.78 is 52.9. The van der Waals surface area contributed by atoms with Gasteiger partial charge in [0.2, 0.25) is 15.9 Å². The summed E-state index contributed by atoms with van der Waals surface area (Å²) in [5.41, 5.74) is 1.49. The van der Waals surface area contributed by atoms with Crippen LogP contribution >= 0.6 is 11.6 Å². The summed E-state index contributed by atoms with van der Waals surface area (Å²) in [5.74, 6) is -2.57. The fourth-order valence-electron chi connectivity index (χ4n) is 3.03. The maximum atomic E-state index is 13.4. The predicted molar refractivity (Wildman–Crippen MR) is 106 cm³/mol. The molecule has 29 heavy (non-hydrogen) atoms. The number of sulfonamides is 1. The van der Waals surface area contributed by atoms with Crippen molar-refractivity contribution in [3.05, 3.63) is 58.6 Å². The number of halogens is 3. The molecule has 6 nitrogen and oxygen atoms in total. The van der Waals surface area contributed by atoms with Gasteiger partial charge in [-0.3, -0.25) is 9.69 Å². The molecule has 0 atom stereocenters. The third kappa shape index (κ3) is 5.11. The molecule has 1 aliphatic heterocycles. The van der Waals surface area contributed by atoms with Gasteiger partial charge in [0.1, 0.15) is 0 Å². The summed E-state index contributed by atoms with van der Waals surface area (Å²) in [6.07, 6.45) is 0. The molecule has 1 N–H and O–H groups in total. The molecule has 1 amide bonds. The summed E-state index contributed by atoms with van der Waals surface area (Å²) in [6.45, 7) is 2.92. The van der Waals surface area contributed by atoms with Gasteiger partial charge in [0.25, 0.3) is 0 Å². The lowest BCUT2D eigenvalue weighted by Crippen LogP contribution is -2.50. The minimum absolute atomic E-state index is 0.0866. The number of amides is 1.